The predicted octanol–water partition coefficient (Wildman–Crippen LogP) is 5.26. The zero-order chi connectivity index (χ0) is 22.8. The van der Waals surface area contributed by atoms with Crippen LogP contribution in [0.3, 0.4) is 0 Å². The van der Waals surface area contributed by atoms with Gasteiger partial charge in [0.1, 0.15) is 10.6 Å². The third kappa shape index (κ3) is 5.36. The standard InChI is InChI=1S/C19H15Cl3N2O5S2/c1-29-18-5-3-2-4-17(18)24-30(25,26)13-8-6-12(7-9-13)23-31(27,28)19-11-15(21)14(20)10-16(19)22/h2-11,23-24H,1H3. The summed E-state index contributed by atoms with van der Waals surface area (Å²) in [5.74, 6) is 0.356. The lowest BCUT2D eigenvalue weighted by atomic mass is 10.3. The van der Waals surface area contributed by atoms with E-state index in [4.69, 9.17) is 39.5 Å². The third-order valence-electron chi connectivity index (χ3n) is 4.03. The van der Waals surface area contributed by atoms with Gasteiger partial charge in [-0.1, -0.05) is 46.9 Å². The number of ether oxygens (including phenoxy) is 1. The summed E-state index contributed by atoms with van der Waals surface area (Å²) in [7, 11) is -6.61. The Hall–Kier alpha value is -2.17. The van der Waals surface area contributed by atoms with Crippen LogP contribution in [0.1, 0.15) is 0 Å². The maximum absolute atomic E-state index is 12.7. The number of methoxy groups -OCH3 is 1. The summed E-state index contributed by atoms with van der Waals surface area (Å²) in [5, 5.41) is 0.0279. The van der Waals surface area contributed by atoms with E-state index in [1.807, 2.05) is 0 Å². The number of benzene rings is 3. The Bertz CT molecular complexity index is 1330. The lowest BCUT2D eigenvalue weighted by Crippen LogP contribution is -2.15. The summed E-state index contributed by atoms with van der Waals surface area (Å²) in [6.45, 7) is 0. The van der Waals surface area contributed by atoms with E-state index in [1.165, 1.54) is 37.4 Å². The topological polar surface area (TPSA) is 102 Å². The van der Waals surface area contributed by atoms with Crippen LogP contribution in [-0.4, -0.2) is 23.9 Å². The van der Waals surface area contributed by atoms with Crippen LogP contribution < -0.4 is 14.2 Å². The van der Waals surface area contributed by atoms with Crippen molar-refractivity contribution < 1.29 is 21.6 Å². The average Bonchev–Trinajstić information content (AvgIpc) is 2.71. The smallest absolute Gasteiger partial charge is 0.263 e. The molecule has 3 rings (SSSR count). The SMILES string of the molecule is COc1ccccc1NS(=O)(=O)c1ccc(NS(=O)(=O)c2cc(Cl)c(Cl)cc2Cl)cc1. The minimum Gasteiger partial charge on any atom is -0.495 e. The number of hydrogen-bond donors (Lipinski definition) is 2. The maximum Gasteiger partial charge on any atom is 0.263 e. The molecule has 31 heavy (non-hydrogen) atoms. The van der Waals surface area contributed by atoms with Gasteiger partial charge in [-0.2, -0.15) is 0 Å². The monoisotopic (exact) mass is 520 g/mol. The molecule has 0 fully saturated rings. The molecule has 0 saturated carbocycles. The molecule has 0 unspecified atom stereocenters. The first kappa shape index (κ1) is 23.5. The fraction of sp³-hybridized carbons (Fsp3) is 0.0526. The van der Waals surface area contributed by atoms with Gasteiger partial charge < -0.3 is 4.74 Å². The van der Waals surface area contributed by atoms with Crippen LogP contribution in [0.2, 0.25) is 15.1 Å². The van der Waals surface area contributed by atoms with Gasteiger partial charge >= 0.3 is 0 Å². The van der Waals surface area contributed by atoms with Gasteiger partial charge in [0.25, 0.3) is 20.0 Å². The van der Waals surface area contributed by atoms with Gasteiger partial charge in [0.15, 0.2) is 0 Å². The molecule has 0 aromatic heterocycles. The van der Waals surface area contributed by atoms with Crippen molar-refractivity contribution >= 4 is 66.2 Å². The van der Waals surface area contributed by atoms with Gasteiger partial charge in [0.05, 0.1) is 32.8 Å². The van der Waals surface area contributed by atoms with E-state index in [1.54, 1.807) is 24.3 Å². The first-order valence-corrected chi connectivity index (χ1v) is 12.6. The molecule has 3 aromatic rings. The van der Waals surface area contributed by atoms with Gasteiger partial charge in [-0.25, -0.2) is 16.8 Å². The average molecular weight is 522 g/mol. The van der Waals surface area contributed by atoms with Crippen LogP contribution in [0.15, 0.2) is 70.5 Å². The van der Waals surface area contributed by atoms with E-state index in [-0.39, 0.29) is 36.2 Å². The number of anilines is 2. The normalized spacial score (nSPS) is 11.7. The second kappa shape index (κ2) is 9.13. The van der Waals surface area contributed by atoms with Gasteiger partial charge in [0.2, 0.25) is 0 Å². The van der Waals surface area contributed by atoms with E-state index in [0.29, 0.717) is 5.75 Å². The second-order valence-corrected chi connectivity index (χ2v) is 10.7. The van der Waals surface area contributed by atoms with Gasteiger partial charge in [-0.05, 0) is 48.5 Å². The Labute approximate surface area is 195 Å². The summed E-state index contributed by atoms with van der Waals surface area (Å²) in [4.78, 5) is -0.341. The van der Waals surface area contributed by atoms with Crippen molar-refractivity contribution in [1.29, 1.82) is 0 Å². The maximum atomic E-state index is 12.7. The van der Waals surface area contributed by atoms with Crippen LogP contribution in [-0.2, 0) is 20.0 Å². The molecule has 164 valence electrons. The number of rotatable bonds is 7. The van der Waals surface area contributed by atoms with E-state index < -0.39 is 20.0 Å². The highest BCUT2D eigenvalue weighted by Gasteiger charge is 2.21. The molecule has 0 aliphatic rings. The van der Waals surface area contributed by atoms with Crippen LogP contribution >= 0.6 is 34.8 Å². The highest BCUT2D eigenvalue weighted by molar-refractivity contribution is 7.93. The molecular weight excluding hydrogens is 507 g/mol. The van der Waals surface area contributed by atoms with Crippen molar-refractivity contribution in [2.45, 2.75) is 9.79 Å². The molecule has 0 amide bonds. The Kier molecular flexibility index (Phi) is 6.92. The summed E-state index contributed by atoms with van der Waals surface area (Å²) < 4.78 is 60.5. The van der Waals surface area contributed by atoms with Crippen molar-refractivity contribution in [2.75, 3.05) is 16.6 Å². The largest absolute Gasteiger partial charge is 0.495 e. The Morgan fingerprint density at radius 1 is 0.742 bits per heavy atom. The second-order valence-electron chi connectivity index (χ2n) is 6.13. The zero-order valence-corrected chi connectivity index (χ0v) is 19.7. The Morgan fingerprint density at radius 2 is 1.35 bits per heavy atom. The number of para-hydroxylation sites is 2. The molecule has 12 heteroatoms. The molecule has 0 bridgehead atoms. The minimum absolute atomic E-state index is 0.0234. The van der Waals surface area contributed by atoms with Crippen LogP contribution in [0.4, 0.5) is 11.4 Å². The van der Waals surface area contributed by atoms with E-state index >= 15 is 0 Å². The molecule has 7 nitrogen and oxygen atoms in total. The summed E-state index contributed by atoms with van der Waals surface area (Å²) in [5.41, 5.74) is 0.391. The first-order valence-electron chi connectivity index (χ1n) is 8.47. The van der Waals surface area contributed by atoms with Gasteiger partial charge in [-0.15, -0.1) is 0 Å². The predicted molar refractivity (Wildman–Crippen MR) is 123 cm³/mol. The van der Waals surface area contributed by atoms with Crippen molar-refractivity contribution in [2.24, 2.45) is 0 Å². The Balaban J connectivity index is 1.84. The van der Waals surface area contributed by atoms with Crippen molar-refractivity contribution in [1.82, 2.24) is 0 Å². The molecule has 0 aliphatic heterocycles. The highest BCUT2D eigenvalue weighted by atomic mass is 35.5. The molecule has 0 radical (unpaired) electrons. The molecular formula is C19H15Cl3N2O5S2. The van der Waals surface area contributed by atoms with Crippen LogP contribution in [0.25, 0.3) is 0 Å². The quantitative estimate of drug-likeness (QED) is 0.413. The first-order chi connectivity index (χ1) is 14.5. The van der Waals surface area contributed by atoms with Crippen LogP contribution in [0, 0.1) is 0 Å². The zero-order valence-electron chi connectivity index (χ0n) is 15.8. The lowest BCUT2D eigenvalue weighted by Gasteiger charge is -2.13. The fourth-order valence-corrected chi connectivity index (χ4v) is 5.69. The molecule has 0 aliphatic carbocycles. The van der Waals surface area contributed by atoms with E-state index in [0.717, 1.165) is 6.07 Å². The summed E-state index contributed by atoms with van der Waals surface area (Å²) in [6, 6.07) is 14.0. The molecule has 3 aromatic carbocycles. The number of nitrogens with one attached hydrogen (secondary N) is 2. The lowest BCUT2D eigenvalue weighted by molar-refractivity contribution is 0.417. The van der Waals surface area contributed by atoms with Crippen molar-refractivity contribution in [3.63, 3.8) is 0 Å². The number of halogens is 3. The molecule has 0 saturated heterocycles. The van der Waals surface area contributed by atoms with Crippen molar-refractivity contribution in [3.8, 4) is 5.75 Å². The Morgan fingerprint density at radius 3 is 2.00 bits per heavy atom. The molecule has 2 N–H and O–H groups in total. The van der Waals surface area contributed by atoms with E-state index in [9.17, 15) is 16.8 Å². The minimum atomic E-state index is -4.10. The van der Waals surface area contributed by atoms with Crippen LogP contribution in [0.5, 0.6) is 5.75 Å². The molecule has 0 spiro atoms. The highest BCUT2D eigenvalue weighted by Crippen LogP contribution is 2.33. The fourth-order valence-electron chi connectivity index (χ4n) is 2.56. The van der Waals surface area contributed by atoms with E-state index in [2.05, 4.69) is 9.44 Å². The van der Waals surface area contributed by atoms with Gasteiger partial charge in [-0.3, -0.25) is 9.44 Å². The molecule has 0 heterocycles. The number of hydrogen-bond acceptors (Lipinski definition) is 5. The van der Waals surface area contributed by atoms with Crippen molar-refractivity contribution in [3.05, 3.63) is 75.7 Å². The summed E-state index contributed by atoms with van der Waals surface area (Å²) >= 11 is 17.7. The number of sulfonamides is 2. The summed E-state index contributed by atoms with van der Waals surface area (Å²) in [6.07, 6.45) is 0. The third-order valence-corrected chi connectivity index (χ3v) is 7.98. The van der Waals surface area contributed by atoms with Gasteiger partial charge in [0, 0.05) is 5.69 Å². The molecule has 0 atom stereocenters.